The molecule has 0 bridgehead atoms. The zero-order valence-corrected chi connectivity index (χ0v) is 14.2. The number of aromatic amines is 1. The third kappa shape index (κ3) is 2.68. The van der Waals surface area contributed by atoms with Gasteiger partial charge < -0.3 is 9.72 Å². The molecule has 2 aromatic heterocycles. The van der Waals surface area contributed by atoms with Gasteiger partial charge >= 0.3 is 0 Å². The maximum absolute atomic E-state index is 12.6. The quantitative estimate of drug-likeness (QED) is 0.453. The van der Waals surface area contributed by atoms with E-state index in [0.717, 1.165) is 16.7 Å². The molecule has 2 heterocycles. The molecule has 0 unspecified atom stereocenters. The lowest BCUT2D eigenvalue weighted by atomic mass is 10.1. The van der Waals surface area contributed by atoms with E-state index in [-0.39, 0.29) is 16.0 Å². The summed E-state index contributed by atoms with van der Waals surface area (Å²) >= 11 is 5.34. The molecule has 4 rings (SSSR count). The summed E-state index contributed by atoms with van der Waals surface area (Å²) in [5, 5.41) is 5.23. The minimum absolute atomic E-state index is 0.281. The largest absolute Gasteiger partial charge is 0.494 e. The molecular weight excluding hydrogens is 336 g/mol. The lowest BCUT2D eigenvalue weighted by molar-refractivity contribution is 0.340. The molecule has 0 amide bonds. The van der Waals surface area contributed by atoms with E-state index >= 15 is 0 Å². The van der Waals surface area contributed by atoms with Gasteiger partial charge in [0, 0.05) is 10.9 Å². The summed E-state index contributed by atoms with van der Waals surface area (Å²) in [5.74, 6) is 0.743. The van der Waals surface area contributed by atoms with Gasteiger partial charge in [0.1, 0.15) is 11.4 Å². The Labute approximate surface area is 147 Å². The molecule has 7 heteroatoms. The third-order valence-corrected chi connectivity index (χ3v) is 4.12. The van der Waals surface area contributed by atoms with Crippen molar-refractivity contribution in [2.45, 2.75) is 6.92 Å². The monoisotopic (exact) mass is 350 g/mol. The minimum atomic E-state index is -0.282. The Morgan fingerprint density at radius 2 is 1.92 bits per heavy atom. The highest BCUT2D eigenvalue weighted by Gasteiger charge is 2.11. The van der Waals surface area contributed by atoms with Gasteiger partial charge in [-0.1, -0.05) is 12.1 Å². The molecule has 25 heavy (non-hydrogen) atoms. The molecule has 2 aromatic carbocycles. The Morgan fingerprint density at radius 1 is 1.16 bits per heavy atom. The van der Waals surface area contributed by atoms with Crippen molar-refractivity contribution in [1.82, 2.24) is 19.6 Å². The fourth-order valence-electron chi connectivity index (χ4n) is 2.72. The van der Waals surface area contributed by atoms with Crippen molar-refractivity contribution in [2.75, 3.05) is 6.61 Å². The third-order valence-electron chi connectivity index (χ3n) is 3.85. The van der Waals surface area contributed by atoms with Crippen molar-refractivity contribution < 1.29 is 4.74 Å². The number of hydrogen-bond acceptors (Lipinski definition) is 5. The van der Waals surface area contributed by atoms with Crippen LogP contribution in [0, 0.1) is 4.77 Å². The van der Waals surface area contributed by atoms with Gasteiger partial charge in [0.25, 0.3) is 5.56 Å². The van der Waals surface area contributed by atoms with E-state index in [0.29, 0.717) is 17.8 Å². The van der Waals surface area contributed by atoms with Crippen LogP contribution in [0.5, 0.6) is 5.75 Å². The van der Waals surface area contributed by atoms with Crippen LogP contribution < -0.4 is 10.3 Å². The molecule has 0 saturated heterocycles. The Hall–Kier alpha value is -3.06. The fraction of sp³-hybridized carbons (Fsp3) is 0.111. The summed E-state index contributed by atoms with van der Waals surface area (Å²) in [6.45, 7) is 2.50. The van der Waals surface area contributed by atoms with E-state index in [2.05, 4.69) is 15.1 Å². The van der Waals surface area contributed by atoms with Crippen LogP contribution in [0.15, 0.2) is 53.3 Å². The summed E-state index contributed by atoms with van der Waals surface area (Å²) in [6, 6.07) is 14.7. The first kappa shape index (κ1) is 15.5. The van der Waals surface area contributed by atoms with E-state index in [4.69, 9.17) is 17.0 Å². The Bertz CT molecular complexity index is 1200. The lowest BCUT2D eigenvalue weighted by Crippen LogP contribution is -2.17. The molecular formula is C18H14N4O2S. The van der Waals surface area contributed by atoms with Gasteiger partial charge in [-0.3, -0.25) is 4.79 Å². The summed E-state index contributed by atoms with van der Waals surface area (Å²) in [6.07, 6.45) is 0. The van der Waals surface area contributed by atoms with Crippen LogP contribution in [-0.2, 0) is 0 Å². The number of H-pyrrole nitrogens is 1. The highest BCUT2D eigenvalue weighted by molar-refractivity contribution is 7.71. The number of para-hydroxylation sites is 1. The molecule has 4 aromatic rings. The molecule has 0 saturated carbocycles. The number of benzene rings is 2. The number of hydrogen-bond donors (Lipinski definition) is 1. The number of nitrogens with one attached hydrogen (secondary N) is 1. The number of rotatable bonds is 3. The normalized spacial score (nSPS) is 11.1. The number of aromatic nitrogens is 4. The van der Waals surface area contributed by atoms with Gasteiger partial charge in [0.05, 0.1) is 12.1 Å². The van der Waals surface area contributed by atoms with Crippen LogP contribution in [0.3, 0.4) is 0 Å². The van der Waals surface area contributed by atoms with Crippen LogP contribution in [-0.4, -0.2) is 26.2 Å². The number of ether oxygens (including phenoxy) is 1. The van der Waals surface area contributed by atoms with Crippen molar-refractivity contribution in [3.63, 3.8) is 0 Å². The number of nitrogens with zero attached hydrogens (tertiary/aromatic N) is 3. The van der Waals surface area contributed by atoms with Gasteiger partial charge in [0.15, 0.2) is 5.69 Å². The lowest BCUT2D eigenvalue weighted by Gasteiger charge is -2.08. The van der Waals surface area contributed by atoms with E-state index < -0.39 is 0 Å². The first-order chi connectivity index (χ1) is 12.2. The Balaban J connectivity index is 1.96. The summed E-state index contributed by atoms with van der Waals surface area (Å²) in [4.78, 5) is 19.8. The molecule has 0 fully saturated rings. The maximum Gasteiger partial charge on any atom is 0.277 e. The van der Waals surface area contributed by atoms with E-state index in [1.165, 1.54) is 4.52 Å². The van der Waals surface area contributed by atoms with Gasteiger partial charge in [-0.2, -0.15) is 9.61 Å². The van der Waals surface area contributed by atoms with Gasteiger partial charge in [-0.15, -0.1) is 0 Å². The first-order valence-electron chi connectivity index (χ1n) is 7.82. The second-order valence-electron chi connectivity index (χ2n) is 5.43. The zero-order valence-electron chi connectivity index (χ0n) is 13.4. The van der Waals surface area contributed by atoms with Crippen LogP contribution in [0.1, 0.15) is 6.92 Å². The average molecular weight is 350 g/mol. The second-order valence-corrected chi connectivity index (χ2v) is 5.80. The van der Waals surface area contributed by atoms with Gasteiger partial charge in [0.2, 0.25) is 4.77 Å². The first-order valence-corrected chi connectivity index (χ1v) is 8.23. The van der Waals surface area contributed by atoms with Crippen LogP contribution in [0.25, 0.3) is 27.8 Å². The topological polar surface area (TPSA) is 72.3 Å². The Kier molecular flexibility index (Phi) is 3.77. The average Bonchev–Trinajstić information content (AvgIpc) is 2.63. The highest BCUT2D eigenvalue weighted by atomic mass is 32.1. The number of fused-ring (bicyclic) bond motifs is 3. The van der Waals surface area contributed by atoms with Gasteiger partial charge in [-0.05, 0) is 55.5 Å². The van der Waals surface area contributed by atoms with Crippen molar-refractivity contribution in [2.24, 2.45) is 0 Å². The Morgan fingerprint density at radius 3 is 2.68 bits per heavy atom. The molecule has 0 aliphatic rings. The van der Waals surface area contributed by atoms with E-state index in [1.54, 1.807) is 12.1 Å². The molecule has 0 radical (unpaired) electrons. The summed E-state index contributed by atoms with van der Waals surface area (Å²) in [7, 11) is 0. The summed E-state index contributed by atoms with van der Waals surface area (Å²) in [5.41, 5.74) is 1.94. The second kappa shape index (κ2) is 6.10. The van der Waals surface area contributed by atoms with Crippen LogP contribution in [0.4, 0.5) is 0 Å². The smallest absolute Gasteiger partial charge is 0.277 e. The fourth-order valence-corrected chi connectivity index (χ4v) is 2.95. The van der Waals surface area contributed by atoms with Crippen LogP contribution in [0.2, 0.25) is 0 Å². The molecule has 1 N–H and O–H groups in total. The molecule has 0 aliphatic carbocycles. The van der Waals surface area contributed by atoms with Crippen molar-refractivity contribution in [3.05, 3.63) is 63.7 Å². The predicted molar refractivity (Wildman–Crippen MR) is 98.6 cm³/mol. The minimum Gasteiger partial charge on any atom is -0.494 e. The van der Waals surface area contributed by atoms with Crippen molar-refractivity contribution in [3.8, 4) is 17.0 Å². The molecule has 0 spiro atoms. The highest BCUT2D eigenvalue weighted by Crippen LogP contribution is 2.20. The SMILES string of the molecule is CCOc1ccc(-c2nn3c(=S)nc4ccccc4c3[nH]c2=O)cc1. The van der Waals surface area contributed by atoms with Crippen molar-refractivity contribution >= 4 is 28.8 Å². The molecule has 0 aliphatic heterocycles. The molecule has 6 nitrogen and oxygen atoms in total. The zero-order chi connectivity index (χ0) is 17.4. The van der Waals surface area contributed by atoms with E-state index in [9.17, 15) is 4.79 Å². The molecule has 124 valence electrons. The van der Waals surface area contributed by atoms with E-state index in [1.807, 2.05) is 43.3 Å². The summed E-state index contributed by atoms with van der Waals surface area (Å²) < 4.78 is 7.21. The standard InChI is InChI=1S/C18H14N4O2S/c1-2-24-12-9-7-11(8-10-12)15-17(23)20-16-13-5-3-4-6-14(13)19-18(25)22(16)21-15/h3-10H,2H2,1H3,(H,20,23). The van der Waals surface area contributed by atoms with Gasteiger partial charge in [-0.25, -0.2) is 4.98 Å². The van der Waals surface area contributed by atoms with Crippen LogP contribution >= 0.6 is 12.2 Å². The van der Waals surface area contributed by atoms with Crippen molar-refractivity contribution in [1.29, 1.82) is 0 Å². The predicted octanol–water partition coefficient (Wildman–Crippen LogP) is 3.37. The molecule has 0 atom stereocenters. The maximum atomic E-state index is 12.6.